The van der Waals surface area contributed by atoms with Crippen molar-refractivity contribution in [3.05, 3.63) is 59.4 Å². The summed E-state index contributed by atoms with van der Waals surface area (Å²) in [6.07, 6.45) is 4.52. The number of carbonyl (C=O) groups excluding carboxylic acids is 1. The van der Waals surface area contributed by atoms with Crippen LogP contribution in [0, 0.1) is 11.8 Å². The van der Waals surface area contributed by atoms with E-state index in [9.17, 15) is 4.79 Å². The highest BCUT2D eigenvalue weighted by molar-refractivity contribution is 5.74. The summed E-state index contributed by atoms with van der Waals surface area (Å²) in [4.78, 5) is 16.3. The fraction of sp³-hybridized carbons (Fsp3) is 0.400. The van der Waals surface area contributed by atoms with E-state index in [1.54, 1.807) is 19.5 Å². The van der Waals surface area contributed by atoms with Crippen LogP contribution in [0.3, 0.4) is 0 Å². The van der Waals surface area contributed by atoms with E-state index in [0.717, 1.165) is 18.5 Å². The van der Waals surface area contributed by atoms with Gasteiger partial charge in [0.05, 0.1) is 19.3 Å². The predicted molar refractivity (Wildman–Crippen MR) is 95.6 cm³/mol. The number of amides is 2. The number of fused-ring (bicyclic) bond motifs is 3. The van der Waals surface area contributed by atoms with Gasteiger partial charge in [-0.3, -0.25) is 4.98 Å². The third-order valence-corrected chi connectivity index (χ3v) is 5.55. The molecule has 25 heavy (non-hydrogen) atoms. The number of nitrogens with one attached hydrogen (secondary N) is 2. The molecule has 1 aromatic heterocycles. The molecule has 1 saturated carbocycles. The van der Waals surface area contributed by atoms with Gasteiger partial charge in [-0.15, -0.1) is 0 Å². The number of pyridine rings is 1. The van der Waals surface area contributed by atoms with Gasteiger partial charge >= 0.3 is 6.03 Å². The first kappa shape index (κ1) is 15.9. The van der Waals surface area contributed by atoms with Crippen molar-refractivity contribution in [3.8, 4) is 5.75 Å². The molecule has 4 rings (SSSR count). The highest BCUT2D eigenvalue weighted by Crippen LogP contribution is 2.60. The van der Waals surface area contributed by atoms with Gasteiger partial charge in [-0.25, -0.2) is 4.79 Å². The van der Waals surface area contributed by atoms with Gasteiger partial charge in [-0.2, -0.15) is 0 Å². The number of benzene rings is 1. The van der Waals surface area contributed by atoms with Crippen molar-refractivity contribution >= 4 is 6.03 Å². The smallest absolute Gasteiger partial charge is 0.315 e. The SMILES string of the molecule is COc1cnccc1[C@H](C)NC(=O)NC[C@@H]1[C@H]2Cc3ccccc3[C@H]12. The Hall–Kier alpha value is -2.56. The number of methoxy groups -OCH3 is 1. The molecule has 1 aromatic carbocycles. The van der Waals surface area contributed by atoms with Gasteiger partial charge in [0.15, 0.2) is 0 Å². The molecule has 5 heteroatoms. The minimum absolute atomic E-state index is 0.135. The van der Waals surface area contributed by atoms with Gasteiger partial charge < -0.3 is 15.4 Å². The number of nitrogens with zero attached hydrogens (tertiary/aromatic N) is 1. The molecule has 4 atom stereocenters. The number of urea groups is 1. The highest BCUT2D eigenvalue weighted by atomic mass is 16.5. The third-order valence-electron chi connectivity index (χ3n) is 5.55. The average molecular weight is 337 g/mol. The van der Waals surface area contributed by atoms with Crippen LogP contribution in [0.4, 0.5) is 4.79 Å². The van der Waals surface area contributed by atoms with Crippen molar-refractivity contribution in [3.63, 3.8) is 0 Å². The Labute approximate surface area is 147 Å². The number of carbonyl (C=O) groups is 1. The number of aromatic nitrogens is 1. The molecule has 0 spiro atoms. The molecular formula is C20H23N3O2. The standard InChI is InChI=1S/C20H23N3O2/c1-12(14-7-8-21-11-18(14)25-2)23-20(24)22-10-17-16-9-13-5-3-4-6-15(13)19(16)17/h3-8,11-12,16-17,19H,9-10H2,1-2H3,(H2,22,23,24)/t12-,16+,17+,19-/m0/s1. The van der Waals surface area contributed by atoms with Crippen molar-refractivity contribution in [1.82, 2.24) is 15.6 Å². The molecule has 5 nitrogen and oxygen atoms in total. The summed E-state index contributed by atoms with van der Waals surface area (Å²) in [7, 11) is 1.61. The first-order valence-corrected chi connectivity index (χ1v) is 8.79. The van der Waals surface area contributed by atoms with E-state index in [1.807, 2.05) is 13.0 Å². The van der Waals surface area contributed by atoms with Gasteiger partial charge in [-0.1, -0.05) is 24.3 Å². The maximum absolute atomic E-state index is 12.2. The molecule has 130 valence electrons. The lowest BCUT2D eigenvalue weighted by atomic mass is 10.0. The molecule has 0 unspecified atom stereocenters. The number of rotatable bonds is 5. The summed E-state index contributed by atoms with van der Waals surface area (Å²) in [5, 5.41) is 6.02. The Bertz CT molecular complexity index is 792. The highest BCUT2D eigenvalue weighted by Gasteiger charge is 2.54. The lowest BCUT2D eigenvalue weighted by molar-refractivity contribution is 0.237. The first-order chi connectivity index (χ1) is 12.2. The van der Waals surface area contributed by atoms with Crippen LogP contribution in [0.1, 0.15) is 35.6 Å². The van der Waals surface area contributed by atoms with E-state index < -0.39 is 0 Å². The van der Waals surface area contributed by atoms with Crippen LogP contribution in [-0.2, 0) is 6.42 Å². The molecule has 2 N–H and O–H groups in total. The van der Waals surface area contributed by atoms with Crippen molar-refractivity contribution in [2.75, 3.05) is 13.7 Å². The summed E-state index contributed by atoms with van der Waals surface area (Å²) < 4.78 is 5.31. The average Bonchev–Trinajstić information content (AvgIpc) is 3.18. The van der Waals surface area contributed by atoms with Crippen LogP contribution in [-0.4, -0.2) is 24.7 Å². The Morgan fingerprint density at radius 1 is 1.36 bits per heavy atom. The Kier molecular flexibility index (Phi) is 4.07. The van der Waals surface area contributed by atoms with Crippen LogP contribution in [0.15, 0.2) is 42.7 Å². The van der Waals surface area contributed by atoms with Gasteiger partial charge in [-0.05, 0) is 48.3 Å². The molecule has 0 aliphatic heterocycles. The van der Waals surface area contributed by atoms with Crippen LogP contribution < -0.4 is 15.4 Å². The minimum Gasteiger partial charge on any atom is -0.495 e. The predicted octanol–water partition coefficient (Wildman–Crippen LogP) is 3.04. The monoisotopic (exact) mass is 337 g/mol. The number of ether oxygens (including phenoxy) is 1. The zero-order valence-electron chi connectivity index (χ0n) is 14.5. The fourth-order valence-electron chi connectivity index (χ4n) is 4.22. The summed E-state index contributed by atoms with van der Waals surface area (Å²) in [5.41, 5.74) is 3.89. The zero-order valence-corrected chi connectivity index (χ0v) is 14.5. The van der Waals surface area contributed by atoms with E-state index in [0.29, 0.717) is 23.5 Å². The van der Waals surface area contributed by atoms with Gasteiger partial charge in [0.1, 0.15) is 5.75 Å². The second kappa shape index (κ2) is 6.39. The largest absolute Gasteiger partial charge is 0.495 e. The van der Waals surface area contributed by atoms with E-state index >= 15 is 0 Å². The summed E-state index contributed by atoms with van der Waals surface area (Å²) in [6.45, 7) is 2.68. The van der Waals surface area contributed by atoms with Gasteiger partial charge in [0.2, 0.25) is 0 Å². The van der Waals surface area contributed by atoms with Crippen molar-refractivity contribution in [2.45, 2.75) is 25.3 Å². The Morgan fingerprint density at radius 3 is 3.04 bits per heavy atom. The lowest BCUT2D eigenvalue weighted by Crippen LogP contribution is -2.38. The molecule has 2 aliphatic carbocycles. The van der Waals surface area contributed by atoms with E-state index in [4.69, 9.17) is 4.74 Å². The fourth-order valence-corrected chi connectivity index (χ4v) is 4.22. The molecule has 1 fully saturated rings. The van der Waals surface area contributed by atoms with Crippen molar-refractivity contribution < 1.29 is 9.53 Å². The number of hydrogen-bond donors (Lipinski definition) is 2. The molecule has 0 bridgehead atoms. The van der Waals surface area contributed by atoms with Gasteiger partial charge in [0, 0.05) is 18.3 Å². The topological polar surface area (TPSA) is 63.2 Å². The third kappa shape index (κ3) is 2.95. The number of hydrogen-bond acceptors (Lipinski definition) is 3. The Balaban J connectivity index is 1.30. The van der Waals surface area contributed by atoms with Crippen LogP contribution >= 0.6 is 0 Å². The second-order valence-electron chi connectivity index (χ2n) is 6.95. The van der Waals surface area contributed by atoms with Crippen molar-refractivity contribution in [2.24, 2.45) is 11.8 Å². The maximum atomic E-state index is 12.2. The maximum Gasteiger partial charge on any atom is 0.315 e. The van der Waals surface area contributed by atoms with Crippen molar-refractivity contribution in [1.29, 1.82) is 0 Å². The summed E-state index contributed by atoms with van der Waals surface area (Å²) in [5.74, 6) is 2.60. The van der Waals surface area contributed by atoms with Gasteiger partial charge in [0.25, 0.3) is 0 Å². The van der Waals surface area contributed by atoms with E-state index in [-0.39, 0.29) is 12.1 Å². The molecule has 2 amide bonds. The van der Waals surface area contributed by atoms with E-state index in [2.05, 4.69) is 39.9 Å². The quantitative estimate of drug-likeness (QED) is 0.881. The molecule has 2 aromatic rings. The summed E-state index contributed by atoms with van der Waals surface area (Å²) in [6, 6.07) is 10.3. The molecule has 2 aliphatic rings. The molecule has 0 radical (unpaired) electrons. The second-order valence-corrected chi connectivity index (χ2v) is 6.95. The van der Waals surface area contributed by atoms with Crippen LogP contribution in [0.2, 0.25) is 0 Å². The van der Waals surface area contributed by atoms with E-state index in [1.165, 1.54) is 11.1 Å². The first-order valence-electron chi connectivity index (χ1n) is 8.79. The lowest BCUT2D eigenvalue weighted by Gasteiger charge is -2.17. The molecular weight excluding hydrogens is 314 g/mol. The minimum atomic E-state index is -0.141. The molecule has 1 heterocycles. The van der Waals surface area contributed by atoms with Crippen LogP contribution in [0.5, 0.6) is 5.75 Å². The van der Waals surface area contributed by atoms with Crippen LogP contribution in [0.25, 0.3) is 0 Å². The Morgan fingerprint density at radius 2 is 2.20 bits per heavy atom. The zero-order chi connectivity index (χ0) is 17.4. The summed E-state index contributed by atoms with van der Waals surface area (Å²) >= 11 is 0. The normalized spacial score (nSPS) is 24.0. The molecule has 0 saturated heterocycles.